The molecule has 0 spiro atoms. The lowest BCUT2D eigenvalue weighted by Crippen LogP contribution is -2.31. The molecule has 11 nitrogen and oxygen atoms in total. The molecule has 0 radical (unpaired) electrons. The molecule has 0 unspecified atom stereocenters. The van der Waals surface area contributed by atoms with Crippen molar-refractivity contribution >= 4 is 21.8 Å². The van der Waals surface area contributed by atoms with E-state index < -0.39 is 79.4 Å². The highest BCUT2D eigenvalue weighted by molar-refractivity contribution is 7.90. The van der Waals surface area contributed by atoms with Crippen LogP contribution in [-0.4, -0.2) is 54.8 Å². The summed E-state index contributed by atoms with van der Waals surface area (Å²) in [5, 5.41) is 6.70. The number of carbonyl (C=O) groups excluding carboxylic acids is 2. The van der Waals surface area contributed by atoms with Crippen LogP contribution in [0.3, 0.4) is 0 Å². The lowest BCUT2D eigenvalue weighted by molar-refractivity contribution is -0.137. The predicted octanol–water partition coefficient (Wildman–Crippen LogP) is 6.02. The van der Waals surface area contributed by atoms with Crippen molar-refractivity contribution in [3.63, 3.8) is 0 Å². The SMILES string of the molecule is CCCCc1nn(-c2cc(C(=O)NCCOC)ccc2C(F)(F)F)c(=O)n1Cc1ccc(-c2ccccc2S(=O)(=O)NC(=O)c2cc(F)ccc2F)cc1F. The molecular formula is C37H33F6N5O6S. The van der Waals surface area contributed by atoms with Gasteiger partial charge in [-0.1, -0.05) is 43.7 Å². The summed E-state index contributed by atoms with van der Waals surface area (Å²) in [6.07, 6.45) is -3.72. The third-order valence-corrected chi connectivity index (χ3v) is 9.74. The molecule has 4 aromatic carbocycles. The fourth-order valence-electron chi connectivity index (χ4n) is 5.59. The van der Waals surface area contributed by atoms with Crippen LogP contribution < -0.4 is 15.7 Å². The highest BCUT2D eigenvalue weighted by atomic mass is 32.2. The number of ether oxygens (including phenoxy) is 1. The van der Waals surface area contributed by atoms with Crippen molar-refractivity contribution in [2.24, 2.45) is 0 Å². The maximum atomic E-state index is 15.9. The van der Waals surface area contributed by atoms with Gasteiger partial charge in [0.1, 0.15) is 23.3 Å². The molecule has 0 aliphatic rings. The molecule has 0 fully saturated rings. The van der Waals surface area contributed by atoms with E-state index in [4.69, 9.17) is 4.74 Å². The smallest absolute Gasteiger partial charge is 0.383 e. The Morgan fingerprint density at radius 2 is 1.65 bits per heavy atom. The summed E-state index contributed by atoms with van der Waals surface area (Å²) >= 11 is 0. The average Bonchev–Trinajstić information content (AvgIpc) is 3.45. The van der Waals surface area contributed by atoms with Gasteiger partial charge in [0.05, 0.1) is 34.9 Å². The van der Waals surface area contributed by atoms with Crippen LogP contribution in [0.15, 0.2) is 88.6 Å². The number of benzene rings is 4. The third kappa shape index (κ3) is 9.14. The first-order chi connectivity index (χ1) is 26.0. The molecule has 290 valence electrons. The van der Waals surface area contributed by atoms with Crippen LogP contribution in [0, 0.1) is 17.5 Å². The number of amides is 2. The zero-order chi connectivity index (χ0) is 40.1. The van der Waals surface area contributed by atoms with Crippen LogP contribution in [0.2, 0.25) is 0 Å². The van der Waals surface area contributed by atoms with Crippen molar-refractivity contribution in [3.8, 4) is 16.8 Å². The number of alkyl halides is 3. The largest absolute Gasteiger partial charge is 0.418 e. The van der Waals surface area contributed by atoms with Crippen molar-refractivity contribution in [1.82, 2.24) is 24.4 Å². The number of rotatable bonds is 14. The second kappa shape index (κ2) is 16.7. The lowest BCUT2D eigenvalue weighted by Gasteiger charge is -2.14. The molecule has 0 saturated heterocycles. The Labute approximate surface area is 310 Å². The highest BCUT2D eigenvalue weighted by Crippen LogP contribution is 2.34. The molecular weight excluding hydrogens is 756 g/mol. The monoisotopic (exact) mass is 789 g/mol. The molecule has 0 aliphatic heterocycles. The van der Waals surface area contributed by atoms with Crippen LogP contribution in [-0.2, 0) is 33.9 Å². The van der Waals surface area contributed by atoms with E-state index in [2.05, 4.69) is 10.4 Å². The maximum Gasteiger partial charge on any atom is 0.418 e. The number of aromatic nitrogens is 3. The van der Waals surface area contributed by atoms with Crippen LogP contribution in [0.25, 0.3) is 16.8 Å². The molecule has 0 aliphatic carbocycles. The first-order valence-electron chi connectivity index (χ1n) is 16.6. The minimum absolute atomic E-state index is 0.0104. The average molecular weight is 790 g/mol. The van der Waals surface area contributed by atoms with Crippen LogP contribution >= 0.6 is 0 Å². The van der Waals surface area contributed by atoms with Crippen LogP contribution in [0.5, 0.6) is 0 Å². The number of halogens is 6. The van der Waals surface area contributed by atoms with Crippen molar-refractivity contribution in [2.45, 2.75) is 43.8 Å². The second-order valence-electron chi connectivity index (χ2n) is 12.1. The number of methoxy groups -OCH3 is 1. The molecule has 2 N–H and O–H groups in total. The fraction of sp³-hybridized carbons (Fsp3) is 0.243. The van der Waals surface area contributed by atoms with E-state index in [1.165, 1.54) is 37.4 Å². The number of hydrogen-bond acceptors (Lipinski definition) is 7. The van der Waals surface area contributed by atoms with Crippen LogP contribution in [0.1, 0.15) is 57.4 Å². The summed E-state index contributed by atoms with van der Waals surface area (Å²) in [7, 11) is -3.33. The molecule has 5 aromatic rings. The van der Waals surface area contributed by atoms with E-state index in [9.17, 15) is 44.8 Å². The Hall–Kier alpha value is -5.75. The fourth-order valence-corrected chi connectivity index (χ4v) is 6.78. The van der Waals surface area contributed by atoms with Gasteiger partial charge in [0.15, 0.2) is 0 Å². The number of sulfonamides is 1. The summed E-state index contributed by atoms with van der Waals surface area (Å²) in [6, 6.07) is 13.2. The molecule has 0 atom stereocenters. The first-order valence-corrected chi connectivity index (χ1v) is 18.1. The zero-order valence-corrected chi connectivity index (χ0v) is 30.0. The van der Waals surface area contributed by atoms with E-state index in [1.807, 2.05) is 6.92 Å². The number of aryl methyl sites for hydroxylation is 1. The normalized spacial score (nSPS) is 11.8. The van der Waals surface area contributed by atoms with Crippen LogP contribution in [0.4, 0.5) is 26.3 Å². The predicted molar refractivity (Wildman–Crippen MR) is 188 cm³/mol. The Morgan fingerprint density at radius 1 is 0.909 bits per heavy atom. The van der Waals surface area contributed by atoms with E-state index >= 15 is 4.39 Å². The summed E-state index contributed by atoms with van der Waals surface area (Å²) in [5.41, 5.74) is -4.21. The standard InChI is InChI=1S/C37H33F6N5O6S/c1-3-4-9-33-45-48(31-19-23(34(49)44-16-17-54-2)12-14-28(31)37(41,42)43)36(51)47(33)21-24-11-10-22(18-30(24)40)26-7-5-6-8-32(26)55(52,53)46-35(50)27-20-25(38)13-15-29(27)39/h5-8,10-15,18-20H,3-4,9,16-17,21H2,1-2H3,(H,44,49)(H,46,50). The first kappa shape index (κ1) is 40.4. The topological polar surface area (TPSA) is 141 Å². The molecule has 55 heavy (non-hydrogen) atoms. The zero-order valence-electron chi connectivity index (χ0n) is 29.2. The Kier molecular flexibility index (Phi) is 12.3. The summed E-state index contributed by atoms with van der Waals surface area (Å²) < 4.78 is 121. The van der Waals surface area contributed by atoms with Gasteiger partial charge in [-0.25, -0.2) is 31.1 Å². The number of carbonyl (C=O) groups is 2. The highest BCUT2D eigenvalue weighted by Gasteiger charge is 2.36. The van der Waals surface area contributed by atoms with Gasteiger partial charge < -0.3 is 10.1 Å². The number of nitrogens with one attached hydrogen (secondary N) is 2. The van der Waals surface area contributed by atoms with Gasteiger partial charge in [-0.3, -0.25) is 14.2 Å². The van der Waals surface area contributed by atoms with E-state index in [-0.39, 0.29) is 47.7 Å². The van der Waals surface area contributed by atoms with Gasteiger partial charge in [0.2, 0.25) is 0 Å². The summed E-state index contributed by atoms with van der Waals surface area (Å²) in [6.45, 7) is 1.57. The quantitative estimate of drug-likeness (QED) is 0.104. The van der Waals surface area contributed by atoms with Crippen molar-refractivity contribution in [1.29, 1.82) is 0 Å². The summed E-state index contributed by atoms with van der Waals surface area (Å²) in [5.74, 6) is -5.20. The van der Waals surface area contributed by atoms with Crippen molar-refractivity contribution < 1.29 is 49.1 Å². The van der Waals surface area contributed by atoms with Crippen molar-refractivity contribution in [3.05, 3.63) is 135 Å². The Balaban J connectivity index is 1.51. The van der Waals surface area contributed by atoms with Gasteiger partial charge >= 0.3 is 11.9 Å². The van der Waals surface area contributed by atoms with Crippen molar-refractivity contribution in [2.75, 3.05) is 20.3 Å². The molecule has 5 rings (SSSR count). The molecule has 18 heteroatoms. The maximum absolute atomic E-state index is 15.9. The van der Waals surface area contributed by atoms with E-state index in [0.717, 1.165) is 34.9 Å². The minimum Gasteiger partial charge on any atom is -0.383 e. The minimum atomic E-state index is -4.95. The molecule has 1 aromatic heterocycles. The number of unbranched alkanes of at least 4 members (excludes halogenated alkanes) is 1. The number of hydrogen-bond donors (Lipinski definition) is 2. The third-order valence-electron chi connectivity index (χ3n) is 8.35. The molecule has 1 heterocycles. The number of nitrogens with zero attached hydrogens (tertiary/aromatic N) is 3. The van der Waals surface area contributed by atoms with Gasteiger partial charge in [-0.05, 0) is 60.5 Å². The Bertz CT molecular complexity index is 2410. The van der Waals surface area contributed by atoms with Gasteiger partial charge in [-0.2, -0.15) is 17.9 Å². The van der Waals surface area contributed by atoms with E-state index in [1.54, 1.807) is 4.72 Å². The Morgan fingerprint density at radius 3 is 2.35 bits per heavy atom. The lowest BCUT2D eigenvalue weighted by atomic mass is 10.0. The second-order valence-corrected chi connectivity index (χ2v) is 13.8. The van der Waals surface area contributed by atoms with E-state index in [0.29, 0.717) is 35.7 Å². The van der Waals surface area contributed by atoms with Gasteiger partial charge in [-0.15, -0.1) is 5.10 Å². The van der Waals surface area contributed by atoms with Gasteiger partial charge in [0.25, 0.3) is 21.8 Å². The summed E-state index contributed by atoms with van der Waals surface area (Å²) in [4.78, 5) is 38.7. The van der Waals surface area contributed by atoms with Gasteiger partial charge in [0, 0.05) is 36.8 Å². The molecule has 0 bridgehead atoms. The molecule has 0 saturated carbocycles. The molecule has 2 amide bonds.